The van der Waals surface area contributed by atoms with E-state index in [4.69, 9.17) is 0 Å². The number of halogens is 1. The van der Waals surface area contributed by atoms with Gasteiger partial charge in [0.15, 0.2) is 0 Å². The van der Waals surface area contributed by atoms with Crippen molar-refractivity contribution in [3.8, 4) is 0 Å². The molecular formula is C21H20FN3O. The Morgan fingerprint density at radius 1 is 1.08 bits per heavy atom. The number of fused-ring (bicyclic) bond motifs is 1. The van der Waals surface area contributed by atoms with E-state index in [-0.39, 0.29) is 11.7 Å². The summed E-state index contributed by atoms with van der Waals surface area (Å²) in [6, 6.07) is 12.3. The minimum absolute atomic E-state index is 0.0603. The Hall–Kier alpha value is -2.95. The van der Waals surface area contributed by atoms with Crippen molar-refractivity contribution >= 4 is 5.91 Å². The van der Waals surface area contributed by atoms with E-state index < -0.39 is 0 Å². The minimum Gasteiger partial charge on any atom is -0.328 e. The summed E-state index contributed by atoms with van der Waals surface area (Å²) in [5, 5.41) is 4.44. The topological polar surface area (TPSA) is 38.1 Å². The number of carbonyl (C=O) groups excluding carboxylic acids is 1. The Balaban J connectivity index is 1.55. The molecule has 0 aliphatic carbocycles. The van der Waals surface area contributed by atoms with Gasteiger partial charge in [-0.05, 0) is 42.7 Å². The van der Waals surface area contributed by atoms with E-state index in [0.717, 1.165) is 33.5 Å². The largest absolute Gasteiger partial charge is 0.328 e. The van der Waals surface area contributed by atoms with Crippen LogP contribution in [0.5, 0.6) is 0 Å². The molecule has 0 atom stereocenters. The molecular weight excluding hydrogens is 329 g/mol. The van der Waals surface area contributed by atoms with Gasteiger partial charge in [0.25, 0.3) is 5.91 Å². The fourth-order valence-corrected chi connectivity index (χ4v) is 3.56. The van der Waals surface area contributed by atoms with Crippen molar-refractivity contribution in [2.45, 2.75) is 33.5 Å². The number of aromatic nitrogens is 2. The first-order valence-electron chi connectivity index (χ1n) is 8.66. The number of rotatable bonds is 3. The SMILES string of the molecule is Cc1cccc(C)c1C(=O)N1Cc2cnn(Cc3ccc(F)cc3)c2C1. The Bertz CT molecular complexity index is 955. The molecule has 1 aromatic heterocycles. The average Bonchev–Trinajstić information content (AvgIpc) is 3.18. The van der Waals surface area contributed by atoms with Crippen molar-refractivity contribution in [3.63, 3.8) is 0 Å². The average molecular weight is 349 g/mol. The Morgan fingerprint density at radius 2 is 1.77 bits per heavy atom. The molecule has 26 heavy (non-hydrogen) atoms. The Labute approximate surface area is 151 Å². The lowest BCUT2D eigenvalue weighted by Gasteiger charge is -2.19. The summed E-state index contributed by atoms with van der Waals surface area (Å²) in [5.41, 5.74) is 5.89. The zero-order valence-electron chi connectivity index (χ0n) is 14.9. The third kappa shape index (κ3) is 2.90. The standard InChI is InChI=1S/C21H20FN3O/c1-14-4-3-5-15(2)20(14)21(26)24-12-17-10-23-25(19(17)13-24)11-16-6-8-18(22)9-7-16/h3-10H,11-13H2,1-2H3. The maximum atomic E-state index is 13.1. The number of hydrogen-bond donors (Lipinski definition) is 0. The van der Waals surface area contributed by atoms with Crippen molar-refractivity contribution in [1.29, 1.82) is 0 Å². The molecule has 1 aliphatic rings. The maximum Gasteiger partial charge on any atom is 0.255 e. The van der Waals surface area contributed by atoms with Gasteiger partial charge in [-0.15, -0.1) is 0 Å². The number of aryl methyl sites for hydroxylation is 2. The molecule has 0 saturated heterocycles. The van der Waals surface area contributed by atoms with Crippen LogP contribution in [0.1, 0.15) is 38.3 Å². The van der Waals surface area contributed by atoms with Crippen molar-refractivity contribution < 1.29 is 9.18 Å². The Morgan fingerprint density at radius 3 is 2.46 bits per heavy atom. The zero-order valence-corrected chi connectivity index (χ0v) is 14.9. The van der Waals surface area contributed by atoms with Crippen LogP contribution >= 0.6 is 0 Å². The lowest BCUT2D eigenvalue weighted by Crippen LogP contribution is -2.27. The van der Waals surface area contributed by atoms with Crippen LogP contribution in [0.3, 0.4) is 0 Å². The molecule has 0 bridgehead atoms. The van der Waals surface area contributed by atoms with Gasteiger partial charge >= 0.3 is 0 Å². The molecule has 4 rings (SSSR count). The number of benzene rings is 2. The highest BCUT2D eigenvalue weighted by molar-refractivity contribution is 5.97. The van der Waals surface area contributed by atoms with Gasteiger partial charge in [0, 0.05) is 17.7 Å². The second kappa shape index (κ2) is 6.41. The molecule has 0 fully saturated rings. The highest BCUT2D eigenvalue weighted by Crippen LogP contribution is 2.26. The predicted octanol–water partition coefficient (Wildman–Crippen LogP) is 3.84. The molecule has 5 heteroatoms. The van der Waals surface area contributed by atoms with Gasteiger partial charge in [0.05, 0.1) is 25.0 Å². The summed E-state index contributed by atoms with van der Waals surface area (Å²) in [6.45, 7) is 5.63. The molecule has 1 amide bonds. The number of hydrogen-bond acceptors (Lipinski definition) is 2. The van der Waals surface area contributed by atoms with E-state index in [2.05, 4.69) is 5.10 Å². The molecule has 4 nitrogen and oxygen atoms in total. The predicted molar refractivity (Wildman–Crippen MR) is 97.2 cm³/mol. The fraction of sp³-hybridized carbons (Fsp3) is 0.238. The quantitative estimate of drug-likeness (QED) is 0.720. The lowest BCUT2D eigenvalue weighted by molar-refractivity contribution is 0.0746. The first-order valence-corrected chi connectivity index (χ1v) is 8.66. The molecule has 3 aromatic rings. The maximum absolute atomic E-state index is 13.1. The van der Waals surface area contributed by atoms with Gasteiger partial charge in [0.2, 0.25) is 0 Å². The fourth-order valence-electron chi connectivity index (χ4n) is 3.56. The normalized spacial score (nSPS) is 13.1. The van der Waals surface area contributed by atoms with Gasteiger partial charge in [-0.2, -0.15) is 5.10 Å². The summed E-state index contributed by atoms with van der Waals surface area (Å²) in [7, 11) is 0. The van der Waals surface area contributed by atoms with Crippen LogP contribution in [0, 0.1) is 19.7 Å². The minimum atomic E-state index is -0.246. The van der Waals surface area contributed by atoms with Crippen LogP contribution in [-0.4, -0.2) is 20.6 Å². The van der Waals surface area contributed by atoms with Gasteiger partial charge in [-0.1, -0.05) is 30.3 Å². The molecule has 0 N–H and O–H groups in total. The summed E-state index contributed by atoms with van der Waals surface area (Å²) in [4.78, 5) is 14.9. The van der Waals surface area contributed by atoms with Crippen molar-refractivity contribution in [1.82, 2.24) is 14.7 Å². The smallest absolute Gasteiger partial charge is 0.255 e. The third-order valence-corrected chi connectivity index (χ3v) is 4.96. The number of carbonyl (C=O) groups is 1. The third-order valence-electron chi connectivity index (χ3n) is 4.96. The summed E-state index contributed by atoms with van der Waals surface area (Å²) >= 11 is 0. The lowest BCUT2D eigenvalue weighted by atomic mass is 10.0. The zero-order chi connectivity index (χ0) is 18.3. The van der Waals surface area contributed by atoms with Crippen LogP contribution in [-0.2, 0) is 19.6 Å². The van der Waals surface area contributed by atoms with Crippen molar-refractivity contribution in [2.75, 3.05) is 0 Å². The summed E-state index contributed by atoms with van der Waals surface area (Å²) in [5.74, 6) is -0.185. The molecule has 0 unspecified atom stereocenters. The van der Waals surface area contributed by atoms with E-state index in [9.17, 15) is 9.18 Å². The highest BCUT2D eigenvalue weighted by Gasteiger charge is 2.29. The van der Waals surface area contributed by atoms with E-state index in [1.54, 1.807) is 12.1 Å². The van der Waals surface area contributed by atoms with E-state index in [1.807, 2.05) is 47.8 Å². The molecule has 0 spiro atoms. The molecule has 132 valence electrons. The molecule has 2 aromatic carbocycles. The molecule has 0 saturated carbocycles. The molecule has 1 aliphatic heterocycles. The Kier molecular flexibility index (Phi) is 4.07. The second-order valence-electron chi connectivity index (χ2n) is 6.83. The van der Waals surface area contributed by atoms with E-state index >= 15 is 0 Å². The first-order chi connectivity index (χ1) is 12.5. The van der Waals surface area contributed by atoms with E-state index in [0.29, 0.717) is 19.6 Å². The van der Waals surface area contributed by atoms with Gasteiger partial charge in [-0.25, -0.2) is 4.39 Å². The van der Waals surface area contributed by atoms with Crippen LogP contribution in [0.2, 0.25) is 0 Å². The summed E-state index contributed by atoms with van der Waals surface area (Å²) in [6.07, 6.45) is 1.83. The van der Waals surface area contributed by atoms with Crippen LogP contribution < -0.4 is 0 Å². The van der Waals surface area contributed by atoms with Gasteiger partial charge < -0.3 is 4.90 Å². The first kappa shape index (κ1) is 16.5. The number of amides is 1. The molecule has 2 heterocycles. The monoisotopic (exact) mass is 349 g/mol. The van der Waals surface area contributed by atoms with Crippen LogP contribution in [0.4, 0.5) is 4.39 Å². The van der Waals surface area contributed by atoms with Crippen molar-refractivity contribution in [3.05, 3.63) is 88.0 Å². The second-order valence-corrected chi connectivity index (χ2v) is 6.83. The van der Waals surface area contributed by atoms with Gasteiger partial charge in [-0.3, -0.25) is 9.48 Å². The van der Waals surface area contributed by atoms with Crippen LogP contribution in [0.25, 0.3) is 0 Å². The van der Waals surface area contributed by atoms with E-state index in [1.165, 1.54) is 12.1 Å². The molecule has 0 radical (unpaired) electrons. The van der Waals surface area contributed by atoms with Crippen molar-refractivity contribution in [2.24, 2.45) is 0 Å². The van der Waals surface area contributed by atoms with Crippen LogP contribution in [0.15, 0.2) is 48.7 Å². The number of nitrogens with zero attached hydrogens (tertiary/aromatic N) is 3. The highest BCUT2D eigenvalue weighted by atomic mass is 19.1. The van der Waals surface area contributed by atoms with Gasteiger partial charge in [0.1, 0.15) is 5.82 Å². The summed E-state index contributed by atoms with van der Waals surface area (Å²) < 4.78 is 15.0.